The van der Waals surface area contributed by atoms with E-state index in [1.54, 1.807) is 6.07 Å². The average Bonchev–Trinajstić information content (AvgIpc) is 3.53. The first-order chi connectivity index (χ1) is 18.8. The number of para-hydroxylation sites is 1. The fourth-order valence-corrected chi connectivity index (χ4v) is 4.94. The Kier molecular flexibility index (Phi) is 10.0. The van der Waals surface area contributed by atoms with Crippen LogP contribution < -0.4 is 15.4 Å². The van der Waals surface area contributed by atoms with Crippen molar-refractivity contribution in [2.45, 2.75) is 51.7 Å². The molecule has 0 saturated carbocycles. The lowest BCUT2D eigenvalue weighted by atomic mass is 10.0. The van der Waals surface area contributed by atoms with Crippen molar-refractivity contribution in [3.8, 4) is 5.75 Å². The van der Waals surface area contributed by atoms with Gasteiger partial charge in [-0.25, -0.2) is 0 Å². The Labute approximate surface area is 231 Å². The second-order valence-corrected chi connectivity index (χ2v) is 11.2. The molecule has 0 radical (unpaired) electrons. The summed E-state index contributed by atoms with van der Waals surface area (Å²) in [6.07, 6.45) is 2.43. The van der Waals surface area contributed by atoms with Gasteiger partial charge in [-0.05, 0) is 69.1 Å². The normalized spacial score (nSPS) is 16.6. The van der Waals surface area contributed by atoms with E-state index >= 15 is 0 Å². The van der Waals surface area contributed by atoms with Crippen molar-refractivity contribution in [3.05, 3.63) is 65.9 Å². The van der Waals surface area contributed by atoms with Crippen LogP contribution in [0.15, 0.2) is 59.0 Å². The summed E-state index contributed by atoms with van der Waals surface area (Å²) in [5.41, 5.74) is 1.87. The van der Waals surface area contributed by atoms with E-state index in [-0.39, 0.29) is 29.5 Å². The third kappa shape index (κ3) is 8.57. The summed E-state index contributed by atoms with van der Waals surface area (Å²) < 4.78 is 11.5. The third-order valence-corrected chi connectivity index (χ3v) is 6.94. The number of carbonyl (C=O) groups is 2. The SMILES string of the molecule is CC(C)C[C@@H](NC(=O)c1cc2ccccc2o1)C(=O)N[C@H]1CCN(Cc2ccc(OCCCN(C)C)cc2)C1. The summed E-state index contributed by atoms with van der Waals surface area (Å²) in [7, 11) is 4.13. The summed E-state index contributed by atoms with van der Waals surface area (Å²) in [6.45, 7) is 8.33. The van der Waals surface area contributed by atoms with Crippen molar-refractivity contribution in [1.29, 1.82) is 0 Å². The van der Waals surface area contributed by atoms with E-state index in [1.807, 2.05) is 50.2 Å². The maximum Gasteiger partial charge on any atom is 0.287 e. The Balaban J connectivity index is 1.26. The van der Waals surface area contributed by atoms with Crippen LogP contribution in [0.1, 0.15) is 49.2 Å². The Bertz CT molecular complexity index is 1190. The molecular formula is C31H42N4O4. The van der Waals surface area contributed by atoms with Crippen molar-refractivity contribution in [1.82, 2.24) is 20.4 Å². The number of nitrogens with one attached hydrogen (secondary N) is 2. The minimum absolute atomic E-state index is 0.0505. The van der Waals surface area contributed by atoms with E-state index in [0.717, 1.165) is 50.2 Å². The lowest BCUT2D eigenvalue weighted by Crippen LogP contribution is -2.50. The van der Waals surface area contributed by atoms with E-state index < -0.39 is 6.04 Å². The third-order valence-electron chi connectivity index (χ3n) is 6.94. The van der Waals surface area contributed by atoms with Crippen LogP contribution in [0.25, 0.3) is 11.0 Å². The topological polar surface area (TPSA) is 87.0 Å². The molecule has 2 amide bonds. The zero-order valence-electron chi connectivity index (χ0n) is 23.6. The lowest BCUT2D eigenvalue weighted by molar-refractivity contribution is -0.124. The monoisotopic (exact) mass is 534 g/mol. The summed E-state index contributed by atoms with van der Waals surface area (Å²) in [4.78, 5) is 30.7. The van der Waals surface area contributed by atoms with Crippen molar-refractivity contribution in [2.24, 2.45) is 5.92 Å². The minimum Gasteiger partial charge on any atom is -0.494 e. The van der Waals surface area contributed by atoms with Crippen LogP contribution >= 0.6 is 0 Å². The zero-order chi connectivity index (χ0) is 27.8. The molecule has 210 valence electrons. The van der Waals surface area contributed by atoms with Gasteiger partial charge in [-0.2, -0.15) is 0 Å². The highest BCUT2D eigenvalue weighted by Gasteiger charge is 2.29. The molecule has 0 aliphatic carbocycles. The number of furan rings is 1. The largest absolute Gasteiger partial charge is 0.494 e. The summed E-state index contributed by atoms with van der Waals surface area (Å²) in [5.74, 6) is 0.845. The molecule has 8 nitrogen and oxygen atoms in total. The van der Waals surface area contributed by atoms with Crippen LogP contribution in [0, 0.1) is 5.92 Å². The first-order valence-electron chi connectivity index (χ1n) is 14.0. The number of likely N-dealkylation sites (tertiary alicyclic amines) is 1. The highest BCUT2D eigenvalue weighted by atomic mass is 16.5. The van der Waals surface area contributed by atoms with Gasteiger partial charge in [-0.3, -0.25) is 14.5 Å². The Morgan fingerprint density at radius 3 is 2.62 bits per heavy atom. The summed E-state index contributed by atoms with van der Waals surface area (Å²) >= 11 is 0. The number of amides is 2. The molecule has 8 heteroatoms. The Morgan fingerprint density at radius 1 is 1.13 bits per heavy atom. The minimum atomic E-state index is -0.620. The van der Waals surface area contributed by atoms with Crippen LogP contribution in [-0.2, 0) is 11.3 Å². The van der Waals surface area contributed by atoms with Crippen LogP contribution in [0.5, 0.6) is 5.75 Å². The molecule has 0 unspecified atom stereocenters. The molecule has 2 aromatic carbocycles. The molecule has 1 aliphatic rings. The number of carbonyl (C=O) groups excluding carboxylic acids is 2. The van der Waals surface area contributed by atoms with Crippen molar-refractivity contribution in [3.63, 3.8) is 0 Å². The van der Waals surface area contributed by atoms with Crippen molar-refractivity contribution >= 4 is 22.8 Å². The standard InChI is InChI=1S/C31H42N4O4/c1-22(2)18-27(33-31(37)29-19-24-8-5-6-9-28(24)39-29)30(36)32-25-14-16-35(21-25)20-23-10-12-26(13-11-23)38-17-7-15-34(3)4/h5-6,8-13,19,22,25,27H,7,14-18,20-21H2,1-4H3,(H,32,36)(H,33,37)/t25-,27+/m0/s1. The van der Waals surface area contributed by atoms with Gasteiger partial charge in [0.05, 0.1) is 6.61 Å². The molecule has 39 heavy (non-hydrogen) atoms. The van der Waals surface area contributed by atoms with Gasteiger partial charge < -0.3 is 24.7 Å². The number of fused-ring (bicyclic) bond motifs is 1. The van der Waals surface area contributed by atoms with Crippen molar-refractivity contribution < 1.29 is 18.7 Å². The molecular weight excluding hydrogens is 492 g/mol. The molecule has 0 bridgehead atoms. The Morgan fingerprint density at radius 2 is 1.90 bits per heavy atom. The number of benzene rings is 2. The van der Waals surface area contributed by atoms with Gasteiger partial charge in [0, 0.05) is 37.6 Å². The second kappa shape index (κ2) is 13.6. The lowest BCUT2D eigenvalue weighted by Gasteiger charge is -2.22. The van der Waals surface area contributed by atoms with Crippen LogP contribution in [-0.4, -0.2) is 74.0 Å². The number of rotatable bonds is 13. The van der Waals surface area contributed by atoms with Gasteiger partial charge in [0.25, 0.3) is 5.91 Å². The van der Waals surface area contributed by atoms with Gasteiger partial charge in [0.1, 0.15) is 17.4 Å². The molecule has 2 heterocycles. The summed E-state index contributed by atoms with van der Waals surface area (Å²) in [6, 6.07) is 16.9. The van der Waals surface area contributed by atoms with E-state index in [4.69, 9.17) is 9.15 Å². The molecule has 2 atom stereocenters. The quantitative estimate of drug-likeness (QED) is 0.318. The zero-order valence-corrected chi connectivity index (χ0v) is 23.6. The van der Waals surface area contributed by atoms with Crippen LogP contribution in [0.4, 0.5) is 0 Å². The van der Waals surface area contributed by atoms with E-state index in [0.29, 0.717) is 18.6 Å². The fourth-order valence-electron chi connectivity index (χ4n) is 4.94. The van der Waals surface area contributed by atoms with Gasteiger partial charge in [0.2, 0.25) is 5.91 Å². The molecule has 1 aliphatic heterocycles. The second-order valence-electron chi connectivity index (χ2n) is 11.2. The smallest absolute Gasteiger partial charge is 0.287 e. The molecule has 3 aromatic rings. The van der Waals surface area contributed by atoms with Gasteiger partial charge in [0.15, 0.2) is 5.76 Å². The number of hydrogen-bond donors (Lipinski definition) is 2. The molecule has 4 rings (SSSR count). The first kappa shape index (κ1) is 28.6. The van der Waals surface area contributed by atoms with E-state index in [9.17, 15) is 9.59 Å². The van der Waals surface area contributed by atoms with Crippen molar-refractivity contribution in [2.75, 3.05) is 40.3 Å². The Hall–Kier alpha value is -3.36. The molecule has 1 fully saturated rings. The van der Waals surface area contributed by atoms with Gasteiger partial charge in [-0.15, -0.1) is 0 Å². The average molecular weight is 535 g/mol. The first-order valence-corrected chi connectivity index (χ1v) is 14.0. The predicted molar refractivity (Wildman–Crippen MR) is 154 cm³/mol. The number of hydrogen-bond acceptors (Lipinski definition) is 6. The predicted octanol–water partition coefficient (Wildman–Crippen LogP) is 4.30. The summed E-state index contributed by atoms with van der Waals surface area (Å²) in [5, 5.41) is 6.95. The highest BCUT2D eigenvalue weighted by molar-refractivity contribution is 5.98. The number of nitrogens with zero attached hydrogens (tertiary/aromatic N) is 2. The molecule has 0 spiro atoms. The van der Waals surface area contributed by atoms with E-state index in [1.165, 1.54) is 5.56 Å². The maximum atomic E-state index is 13.2. The van der Waals surface area contributed by atoms with E-state index in [2.05, 4.69) is 46.7 Å². The molecule has 1 aromatic heterocycles. The fraction of sp³-hybridized carbons (Fsp3) is 0.484. The molecule has 1 saturated heterocycles. The van der Waals surface area contributed by atoms with Crippen LogP contribution in [0.2, 0.25) is 0 Å². The molecule has 2 N–H and O–H groups in total. The van der Waals surface area contributed by atoms with Gasteiger partial charge >= 0.3 is 0 Å². The maximum absolute atomic E-state index is 13.2. The number of ether oxygens (including phenoxy) is 1. The van der Waals surface area contributed by atoms with Crippen LogP contribution in [0.3, 0.4) is 0 Å². The highest BCUT2D eigenvalue weighted by Crippen LogP contribution is 2.20. The van der Waals surface area contributed by atoms with Gasteiger partial charge in [-0.1, -0.05) is 44.2 Å².